The zero-order valence-corrected chi connectivity index (χ0v) is 10.2. The van der Waals surface area contributed by atoms with Gasteiger partial charge in [0.25, 0.3) is 0 Å². The van der Waals surface area contributed by atoms with Crippen molar-refractivity contribution in [2.24, 2.45) is 0 Å². The zero-order valence-electron chi connectivity index (χ0n) is 9.36. The molecule has 0 spiro atoms. The monoisotopic (exact) mass is 240 g/mol. The summed E-state index contributed by atoms with van der Waals surface area (Å²) in [5.74, 6) is 0.0275. The molecule has 1 atom stereocenters. The molecule has 0 bridgehead atoms. The Kier molecular flexibility index (Phi) is 3.90. The minimum atomic E-state index is -0.220. The van der Waals surface area contributed by atoms with Crippen LogP contribution in [0.15, 0.2) is 5.51 Å². The van der Waals surface area contributed by atoms with Crippen LogP contribution in [-0.2, 0) is 16.0 Å². The second-order valence-corrected chi connectivity index (χ2v) is 4.84. The lowest BCUT2D eigenvalue weighted by Gasteiger charge is -2.09. The predicted octanol–water partition coefficient (Wildman–Crippen LogP) is 1.29. The Bertz CT molecular complexity index is 359. The Balaban J connectivity index is 1.71. The highest BCUT2D eigenvalue weighted by atomic mass is 32.1. The van der Waals surface area contributed by atoms with Crippen molar-refractivity contribution in [1.82, 2.24) is 10.3 Å². The number of amides is 1. The van der Waals surface area contributed by atoms with Gasteiger partial charge in [0.15, 0.2) is 0 Å². The molecule has 1 fully saturated rings. The first kappa shape index (κ1) is 11.5. The minimum Gasteiger partial charge on any atom is -0.368 e. The molecule has 5 heteroatoms. The molecule has 0 aromatic carbocycles. The maximum atomic E-state index is 11.6. The van der Waals surface area contributed by atoms with E-state index < -0.39 is 0 Å². The largest absolute Gasteiger partial charge is 0.368 e. The third-order valence-electron chi connectivity index (χ3n) is 2.72. The smallest absolute Gasteiger partial charge is 0.249 e. The number of carbonyl (C=O) groups excluding carboxylic acids is 1. The van der Waals surface area contributed by atoms with Gasteiger partial charge in [0.2, 0.25) is 5.91 Å². The van der Waals surface area contributed by atoms with Gasteiger partial charge in [-0.3, -0.25) is 4.79 Å². The normalized spacial score (nSPS) is 19.9. The summed E-state index contributed by atoms with van der Waals surface area (Å²) >= 11 is 1.64. The van der Waals surface area contributed by atoms with E-state index in [0.717, 1.165) is 25.0 Å². The van der Waals surface area contributed by atoms with Crippen LogP contribution in [-0.4, -0.2) is 30.1 Å². The average molecular weight is 240 g/mol. The van der Waals surface area contributed by atoms with Crippen molar-refractivity contribution in [3.8, 4) is 0 Å². The van der Waals surface area contributed by atoms with E-state index in [4.69, 9.17) is 4.74 Å². The lowest BCUT2D eigenvalue weighted by atomic mass is 10.2. The van der Waals surface area contributed by atoms with E-state index in [1.807, 2.05) is 12.4 Å². The predicted molar refractivity (Wildman–Crippen MR) is 62.5 cm³/mol. The molecule has 2 heterocycles. The van der Waals surface area contributed by atoms with Crippen molar-refractivity contribution in [3.05, 3.63) is 16.1 Å². The summed E-state index contributed by atoms with van der Waals surface area (Å²) in [6, 6.07) is 0. The fourth-order valence-electron chi connectivity index (χ4n) is 1.76. The third-order valence-corrected chi connectivity index (χ3v) is 3.71. The summed E-state index contributed by atoms with van der Waals surface area (Å²) in [6.07, 6.45) is 2.48. The van der Waals surface area contributed by atoms with Crippen LogP contribution in [0, 0.1) is 6.92 Å². The molecular formula is C11H16N2O2S. The number of rotatable bonds is 4. The Morgan fingerprint density at radius 1 is 1.75 bits per heavy atom. The highest BCUT2D eigenvalue weighted by Gasteiger charge is 2.22. The summed E-state index contributed by atoms with van der Waals surface area (Å²) in [5, 5.41) is 2.91. The number of thiazole rings is 1. The quantitative estimate of drug-likeness (QED) is 0.862. The highest BCUT2D eigenvalue weighted by Crippen LogP contribution is 2.13. The van der Waals surface area contributed by atoms with Crippen molar-refractivity contribution < 1.29 is 9.53 Å². The number of hydrogen-bond donors (Lipinski definition) is 1. The topological polar surface area (TPSA) is 51.2 Å². The highest BCUT2D eigenvalue weighted by molar-refractivity contribution is 7.09. The minimum absolute atomic E-state index is 0.0275. The zero-order chi connectivity index (χ0) is 11.4. The van der Waals surface area contributed by atoms with E-state index in [-0.39, 0.29) is 12.0 Å². The molecule has 1 amide bonds. The van der Waals surface area contributed by atoms with E-state index in [1.54, 1.807) is 11.3 Å². The number of carbonyl (C=O) groups is 1. The molecule has 1 unspecified atom stereocenters. The van der Waals surface area contributed by atoms with Gasteiger partial charge in [0.1, 0.15) is 6.10 Å². The van der Waals surface area contributed by atoms with Gasteiger partial charge >= 0.3 is 0 Å². The fourth-order valence-corrected chi connectivity index (χ4v) is 2.54. The Morgan fingerprint density at radius 2 is 2.62 bits per heavy atom. The molecule has 1 aromatic rings. The number of hydrogen-bond acceptors (Lipinski definition) is 4. The van der Waals surface area contributed by atoms with Gasteiger partial charge in [-0.25, -0.2) is 4.98 Å². The number of ether oxygens (including phenoxy) is 1. The SMILES string of the molecule is Cc1ncsc1CCNC(=O)C1CCCO1. The summed E-state index contributed by atoms with van der Waals surface area (Å²) in [6.45, 7) is 3.38. The summed E-state index contributed by atoms with van der Waals surface area (Å²) in [4.78, 5) is 17.0. The van der Waals surface area contributed by atoms with Crippen LogP contribution in [0.3, 0.4) is 0 Å². The molecular weight excluding hydrogens is 224 g/mol. The van der Waals surface area contributed by atoms with Crippen molar-refractivity contribution >= 4 is 17.2 Å². The van der Waals surface area contributed by atoms with Gasteiger partial charge in [0, 0.05) is 24.4 Å². The lowest BCUT2D eigenvalue weighted by molar-refractivity contribution is -0.129. The summed E-state index contributed by atoms with van der Waals surface area (Å²) < 4.78 is 5.30. The van der Waals surface area contributed by atoms with Crippen LogP contribution < -0.4 is 5.32 Å². The van der Waals surface area contributed by atoms with Gasteiger partial charge in [-0.2, -0.15) is 0 Å². The van der Waals surface area contributed by atoms with E-state index in [0.29, 0.717) is 13.2 Å². The second-order valence-electron chi connectivity index (χ2n) is 3.90. The molecule has 1 saturated heterocycles. The Labute approximate surface area is 99.0 Å². The molecule has 2 rings (SSSR count). The molecule has 16 heavy (non-hydrogen) atoms. The molecule has 1 aliphatic rings. The summed E-state index contributed by atoms with van der Waals surface area (Å²) in [5.41, 5.74) is 2.91. The molecule has 0 aliphatic carbocycles. The van der Waals surface area contributed by atoms with Gasteiger partial charge in [-0.1, -0.05) is 0 Å². The van der Waals surface area contributed by atoms with Crippen molar-refractivity contribution in [3.63, 3.8) is 0 Å². The maximum Gasteiger partial charge on any atom is 0.249 e. The number of nitrogens with zero attached hydrogens (tertiary/aromatic N) is 1. The fraction of sp³-hybridized carbons (Fsp3) is 0.636. The molecule has 1 aliphatic heterocycles. The van der Waals surface area contributed by atoms with Crippen molar-refractivity contribution in [2.75, 3.05) is 13.2 Å². The van der Waals surface area contributed by atoms with Crippen LogP contribution in [0.4, 0.5) is 0 Å². The maximum absolute atomic E-state index is 11.6. The Morgan fingerprint density at radius 3 is 3.25 bits per heavy atom. The average Bonchev–Trinajstić information content (AvgIpc) is 2.90. The van der Waals surface area contributed by atoms with E-state index in [1.165, 1.54) is 4.88 Å². The molecule has 1 N–H and O–H groups in total. The molecule has 0 radical (unpaired) electrons. The van der Waals surface area contributed by atoms with Gasteiger partial charge in [-0.05, 0) is 19.8 Å². The number of nitrogens with one attached hydrogen (secondary N) is 1. The van der Waals surface area contributed by atoms with Crippen LogP contribution in [0.5, 0.6) is 0 Å². The summed E-state index contributed by atoms with van der Waals surface area (Å²) in [7, 11) is 0. The van der Waals surface area contributed by atoms with Gasteiger partial charge in [-0.15, -0.1) is 11.3 Å². The van der Waals surface area contributed by atoms with E-state index in [2.05, 4.69) is 10.3 Å². The molecule has 88 valence electrons. The lowest BCUT2D eigenvalue weighted by Crippen LogP contribution is -2.35. The number of aromatic nitrogens is 1. The van der Waals surface area contributed by atoms with Crippen LogP contribution in [0.1, 0.15) is 23.4 Å². The standard InChI is InChI=1S/C11H16N2O2S/c1-8-10(16-7-13-8)4-5-12-11(14)9-3-2-6-15-9/h7,9H,2-6H2,1H3,(H,12,14). The van der Waals surface area contributed by atoms with Gasteiger partial charge < -0.3 is 10.1 Å². The van der Waals surface area contributed by atoms with Crippen molar-refractivity contribution in [1.29, 1.82) is 0 Å². The number of aryl methyl sites for hydroxylation is 1. The van der Waals surface area contributed by atoms with Crippen LogP contribution in [0.25, 0.3) is 0 Å². The van der Waals surface area contributed by atoms with Gasteiger partial charge in [0.05, 0.1) is 11.2 Å². The molecule has 0 saturated carbocycles. The van der Waals surface area contributed by atoms with Crippen LogP contribution in [0.2, 0.25) is 0 Å². The first-order chi connectivity index (χ1) is 7.77. The first-order valence-corrected chi connectivity index (χ1v) is 6.43. The first-order valence-electron chi connectivity index (χ1n) is 5.55. The van der Waals surface area contributed by atoms with E-state index in [9.17, 15) is 4.79 Å². The van der Waals surface area contributed by atoms with Crippen LogP contribution >= 0.6 is 11.3 Å². The van der Waals surface area contributed by atoms with E-state index >= 15 is 0 Å². The Hall–Kier alpha value is -0.940. The second kappa shape index (κ2) is 5.41. The molecule has 1 aromatic heterocycles. The molecule has 4 nitrogen and oxygen atoms in total. The van der Waals surface area contributed by atoms with Crippen molar-refractivity contribution in [2.45, 2.75) is 32.3 Å². The third kappa shape index (κ3) is 2.80.